The van der Waals surface area contributed by atoms with Crippen molar-refractivity contribution in [1.82, 2.24) is 20.4 Å². The van der Waals surface area contributed by atoms with Gasteiger partial charge in [-0.2, -0.15) is 0 Å². The molecule has 44 heavy (non-hydrogen) atoms. The molecule has 0 N–H and O–H groups in total. The van der Waals surface area contributed by atoms with Gasteiger partial charge >= 0.3 is 0 Å². The van der Waals surface area contributed by atoms with Crippen LogP contribution in [-0.4, -0.2) is 34.6 Å². The molecule has 2 heterocycles. The molecule has 8 nitrogen and oxygen atoms in total. The van der Waals surface area contributed by atoms with Crippen LogP contribution in [-0.2, 0) is 0 Å². The molecular weight excluding hydrogens is 552 g/mol. The zero-order valence-electron chi connectivity index (χ0n) is 24.0. The molecule has 0 saturated heterocycles. The van der Waals surface area contributed by atoms with Crippen LogP contribution in [0.2, 0.25) is 0 Å². The van der Waals surface area contributed by atoms with Crippen molar-refractivity contribution in [3.63, 3.8) is 0 Å². The first kappa shape index (κ1) is 26.9. The molecule has 0 atom stereocenters. The van der Waals surface area contributed by atoms with E-state index in [-0.39, 0.29) is 0 Å². The number of methoxy groups -OCH3 is 2. The number of ether oxygens (including phenoxy) is 2. The maximum atomic E-state index is 5.97. The molecule has 7 aromatic rings. The maximum Gasteiger partial charge on any atom is 0.248 e. The highest BCUT2D eigenvalue weighted by molar-refractivity contribution is 5.84. The van der Waals surface area contributed by atoms with E-state index in [0.717, 1.165) is 56.0 Å². The van der Waals surface area contributed by atoms with Crippen LogP contribution in [0.5, 0.6) is 11.5 Å². The van der Waals surface area contributed by atoms with E-state index < -0.39 is 0 Å². The van der Waals surface area contributed by atoms with Gasteiger partial charge < -0.3 is 18.3 Å². The van der Waals surface area contributed by atoms with Crippen molar-refractivity contribution in [2.24, 2.45) is 0 Å². The normalized spacial score (nSPS) is 11.0. The molecule has 0 bridgehead atoms. The van der Waals surface area contributed by atoms with Crippen LogP contribution in [0, 0.1) is 0 Å². The smallest absolute Gasteiger partial charge is 0.248 e. The fraction of sp³-hybridized carbons (Fsp3) is 0.0556. The number of benzene rings is 5. The van der Waals surface area contributed by atoms with Gasteiger partial charge in [-0.1, -0.05) is 48.5 Å². The number of hydrogen-bond acceptors (Lipinski definition) is 8. The van der Waals surface area contributed by atoms with Crippen LogP contribution in [0.4, 0.5) is 0 Å². The largest absolute Gasteiger partial charge is 0.497 e. The van der Waals surface area contributed by atoms with Crippen LogP contribution in [0.25, 0.3) is 68.1 Å². The molecule has 0 aliphatic carbocycles. The van der Waals surface area contributed by atoms with E-state index in [1.54, 1.807) is 14.2 Å². The second kappa shape index (κ2) is 11.7. The molecule has 0 amide bonds. The summed E-state index contributed by atoms with van der Waals surface area (Å²) in [5, 5.41) is 17.0. The molecule has 8 heteroatoms. The highest BCUT2D eigenvalue weighted by Gasteiger charge is 2.14. The first-order chi connectivity index (χ1) is 21.7. The van der Waals surface area contributed by atoms with Gasteiger partial charge in [-0.05, 0) is 95.1 Å². The van der Waals surface area contributed by atoms with Gasteiger partial charge in [0.2, 0.25) is 23.6 Å². The van der Waals surface area contributed by atoms with Gasteiger partial charge in [-0.25, -0.2) is 0 Å². The summed E-state index contributed by atoms with van der Waals surface area (Å²) in [6.07, 6.45) is 0. The summed E-state index contributed by atoms with van der Waals surface area (Å²) < 4.78 is 22.4. The van der Waals surface area contributed by atoms with Crippen LogP contribution < -0.4 is 9.47 Å². The third-order valence-corrected chi connectivity index (χ3v) is 7.34. The predicted octanol–water partition coefficient (Wildman–Crippen LogP) is 8.47. The minimum atomic E-state index is 0.456. The molecule has 2 aromatic heterocycles. The topological polar surface area (TPSA) is 96.3 Å². The Balaban J connectivity index is 1.10. The lowest BCUT2D eigenvalue weighted by Crippen LogP contribution is -1.86. The third-order valence-electron chi connectivity index (χ3n) is 7.34. The first-order valence-electron chi connectivity index (χ1n) is 13.9. The summed E-state index contributed by atoms with van der Waals surface area (Å²) in [6, 6.07) is 39.6. The number of rotatable bonds is 8. The van der Waals surface area contributed by atoms with Crippen molar-refractivity contribution in [3.05, 3.63) is 121 Å². The molecular formula is C36H26N4O4. The molecule has 0 aliphatic heterocycles. The van der Waals surface area contributed by atoms with Crippen molar-refractivity contribution < 1.29 is 18.3 Å². The second-order valence-corrected chi connectivity index (χ2v) is 9.98. The zero-order chi connectivity index (χ0) is 29.9. The van der Waals surface area contributed by atoms with Gasteiger partial charge in [0.25, 0.3) is 0 Å². The molecule has 0 unspecified atom stereocenters. The quantitative estimate of drug-likeness (QED) is 0.177. The Bertz CT molecular complexity index is 1860. The molecule has 7 rings (SSSR count). The van der Waals surface area contributed by atoms with E-state index in [1.165, 1.54) is 0 Å². The van der Waals surface area contributed by atoms with Crippen LogP contribution >= 0.6 is 0 Å². The molecule has 0 saturated carbocycles. The Morgan fingerprint density at radius 3 is 0.932 bits per heavy atom. The minimum absolute atomic E-state index is 0.456. The van der Waals surface area contributed by atoms with Crippen LogP contribution in [0.3, 0.4) is 0 Å². The molecule has 5 aromatic carbocycles. The van der Waals surface area contributed by atoms with Crippen molar-refractivity contribution in [2.45, 2.75) is 0 Å². The van der Waals surface area contributed by atoms with E-state index in [0.29, 0.717) is 23.6 Å². The van der Waals surface area contributed by atoms with Gasteiger partial charge in [0.1, 0.15) is 11.5 Å². The average Bonchev–Trinajstić information content (AvgIpc) is 3.80. The Hall–Kier alpha value is -6.02. The van der Waals surface area contributed by atoms with Gasteiger partial charge in [-0.15, -0.1) is 20.4 Å². The molecule has 0 aliphatic rings. The van der Waals surface area contributed by atoms with E-state index >= 15 is 0 Å². The lowest BCUT2D eigenvalue weighted by molar-refractivity contribution is 0.414. The Morgan fingerprint density at radius 1 is 0.364 bits per heavy atom. The standard InChI is InChI=1S/C36H26N4O4/c1-41-29-19-15-27(16-20-29)35-39-37-33(43-35)25-11-7-23(8-12-25)31-5-3-4-6-32(31)24-9-13-26(14-10-24)34-38-40-36(44-34)28-17-21-30(42-2)22-18-28/h3-22H,1-2H3. The number of nitrogens with zero attached hydrogens (tertiary/aromatic N) is 4. The predicted molar refractivity (Wildman–Crippen MR) is 168 cm³/mol. The average molecular weight is 579 g/mol. The molecule has 0 spiro atoms. The summed E-state index contributed by atoms with van der Waals surface area (Å²) in [6.45, 7) is 0. The second-order valence-electron chi connectivity index (χ2n) is 9.98. The molecule has 214 valence electrons. The fourth-order valence-electron chi connectivity index (χ4n) is 4.95. The Morgan fingerprint density at radius 2 is 0.636 bits per heavy atom. The van der Waals surface area contributed by atoms with Crippen LogP contribution in [0.15, 0.2) is 130 Å². The summed E-state index contributed by atoms with van der Waals surface area (Å²) >= 11 is 0. The summed E-state index contributed by atoms with van der Waals surface area (Å²) in [7, 11) is 3.27. The van der Waals surface area contributed by atoms with Crippen molar-refractivity contribution >= 4 is 0 Å². The van der Waals surface area contributed by atoms with Gasteiger partial charge in [0, 0.05) is 22.3 Å². The summed E-state index contributed by atoms with van der Waals surface area (Å²) in [5.74, 6) is 3.37. The fourth-order valence-corrected chi connectivity index (χ4v) is 4.95. The van der Waals surface area contributed by atoms with E-state index in [4.69, 9.17) is 18.3 Å². The lowest BCUT2D eigenvalue weighted by atomic mass is 9.93. The van der Waals surface area contributed by atoms with E-state index in [1.807, 2.05) is 84.9 Å². The van der Waals surface area contributed by atoms with Gasteiger partial charge in [0.05, 0.1) is 14.2 Å². The van der Waals surface area contributed by atoms with Crippen LogP contribution in [0.1, 0.15) is 0 Å². The van der Waals surface area contributed by atoms with Gasteiger partial charge in [0.15, 0.2) is 0 Å². The van der Waals surface area contributed by atoms with E-state index in [2.05, 4.69) is 56.8 Å². The van der Waals surface area contributed by atoms with Gasteiger partial charge in [-0.3, -0.25) is 0 Å². The monoisotopic (exact) mass is 578 g/mol. The minimum Gasteiger partial charge on any atom is -0.497 e. The van der Waals surface area contributed by atoms with Crippen molar-refractivity contribution in [3.8, 4) is 79.6 Å². The van der Waals surface area contributed by atoms with Crippen molar-refractivity contribution in [2.75, 3.05) is 14.2 Å². The number of aromatic nitrogens is 4. The Kier molecular flexibility index (Phi) is 7.14. The van der Waals surface area contributed by atoms with Crippen molar-refractivity contribution in [1.29, 1.82) is 0 Å². The summed E-state index contributed by atoms with van der Waals surface area (Å²) in [4.78, 5) is 0. The number of hydrogen-bond donors (Lipinski definition) is 0. The lowest BCUT2D eigenvalue weighted by Gasteiger charge is -2.11. The Labute approximate surface area is 253 Å². The molecule has 0 fully saturated rings. The highest BCUT2D eigenvalue weighted by atomic mass is 16.5. The zero-order valence-corrected chi connectivity index (χ0v) is 24.0. The SMILES string of the molecule is COc1ccc(-c2nnc(-c3ccc(-c4ccccc4-c4ccc(-c5nnc(-c6ccc(OC)cc6)o5)cc4)cc3)o2)cc1. The first-order valence-corrected chi connectivity index (χ1v) is 13.9. The third kappa shape index (κ3) is 5.32. The maximum absolute atomic E-state index is 5.97. The van der Waals surface area contributed by atoms with E-state index in [9.17, 15) is 0 Å². The molecule has 0 radical (unpaired) electrons. The highest BCUT2D eigenvalue weighted by Crippen LogP contribution is 2.35. The summed E-state index contributed by atoms with van der Waals surface area (Å²) in [5.41, 5.74) is 7.71.